The van der Waals surface area contributed by atoms with Gasteiger partial charge in [0.2, 0.25) is 5.88 Å². The van der Waals surface area contributed by atoms with Crippen LogP contribution in [0.3, 0.4) is 0 Å². The molecule has 1 aliphatic heterocycles. The van der Waals surface area contributed by atoms with E-state index < -0.39 is 28.1 Å². The van der Waals surface area contributed by atoms with E-state index >= 15 is 0 Å². The number of aromatic nitrogens is 1. The zero-order valence-corrected chi connectivity index (χ0v) is 12.9. The van der Waals surface area contributed by atoms with Crippen molar-refractivity contribution < 1.29 is 26.3 Å². The number of hydrogen-bond acceptors (Lipinski definition) is 4. The molecule has 0 aromatic carbocycles. The molecule has 1 fully saturated rings. The highest BCUT2D eigenvalue weighted by molar-refractivity contribution is 7.86. The minimum absolute atomic E-state index is 0.0818. The van der Waals surface area contributed by atoms with Gasteiger partial charge in [0.15, 0.2) is 0 Å². The third-order valence-electron chi connectivity index (χ3n) is 3.25. The molecule has 0 unspecified atom stereocenters. The number of nitrogens with zero attached hydrogens (tertiary/aromatic N) is 3. The molecule has 1 aromatic heterocycles. The number of rotatable bonds is 4. The smallest absolute Gasteiger partial charge is 0.416 e. The Balaban J connectivity index is 2.05. The van der Waals surface area contributed by atoms with Crippen molar-refractivity contribution in [2.45, 2.75) is 18.7 Å². The van der Waals surface area contributed by atoms with Gasteiger partial charge < -0.3 is 4.74 Å². The minimum atomic E-state index is -4.48. The van der Waals surface area contributed by atoms with Crippen molar-refractivity contribution in [1.82, 2.24) is 13.6 Å². The van der Waals surface area contributed by atoms with Crippen LogP contribution in [0.4, 0.5) is 13.2 Å². The topological polar surface area (TPSA) is 62.7 Å². The Kier molecular flexibility index (Phi) is 4.64. The number of ether oxygens (including phenoxy) is 1. The molecular weight excluding hydrogens is 323 g/mol. The van der Waals surface area contributed by atoms with Crippen molar-refractivity contribution in [3.8, 4) is 5.88 Å². The van der Waals surface area contributed by atoms with Gasteiger partial charge in [0.25, 0.3) is 10.2 Å². The van der Waals surface area contributed by atoms with Gasteiger partial charge in [0.1, 0.15) is 6.10 Å². The molecular formula is C12H16F3N3O3S. The van der Waals surface area contributed by atoms with E-state index in [0.717, 1.165) is 22.6 Å². The maximum absolute atomic E-state index is 12.6. The fourth-order valence-electron chi connectivity index (χ4n) is 2.06. The van der Waals surface area contributed by atoms with Gasteiger partial charge in [-0.1, -0.05) is 0 Å². The summed E-state index contributed by atoms with van der Waals surface area (Å²) in [6, 6.07) is 1.66. The van der Waals surface area contributed by atoms with Crippen molar-refractivity contribution in [2.75, 3.05) is 27.2 Å². The molecule has 0 saturated carbocycles. The van der Waals surface area contributed by atoms with E-state index in [1.165, 1.54) is 18.4 Å². The molecule has 0 radical (unpaired) electrons. The molecule has 1 aromatic rings. The largest absolute Gasteiger partial charge is 0.473 e. The molecule has 2 heterocycles. The molecule has 0 amide bonds. The quantitative estimate of drug-likeness (QED) is 0.831. The highest BCUT2D eigenvalue weighted by Gasteiger charge is 2.35. The van der Waals surface area contributed by atoms with Gasteiger partial charge in [0, 0.05) is 32.9 Å². The highest BCUT2D eigenvalue weighted by Crippen LogP contribution is 2.31. The zero-order valence-electron chi connectivity index (χ0n) is 12.0. The van der Waals surface area contributed by atoms with Gasteiger partial charge in [-0.15, -0.1) is 0 Å². The van der Waals surface area contributed by atoms with Crippen LogP contribution >= 0.6 is 0 Å². The fourth-order valence-corrected chi connectivity index (χ4v) is 3.21. The summed E-state index contributed by atoms with van der Waals surface area (Å²) in [5.74, 6) is -0.163. The third-order valence-corrected chi connectivity index (χ3v) is 5.15. The van der Waals surface area contributed by atoms with E-state index in [1.807, 2.05) is 0 Å². The Morgan fingerprint density at radius 2 is 2.09 bits per heavy atom. The third kappa shape index (κ3) is 3.68. The molecule has 0 N–H and O–H groups in total. The summed E-state index contributed by atoms with van der Waals surface area (Å²) in [4.78, 5) is 3.74. The molecule has 0 bridgehead atoms. The first-order valence-corrected chi connectivity index (χ1v) is 7.88. The molecule has 124 valence electrons. The summed E-state index contributed by atoms with van der Waals surface area (Å²) in [6.45, 7) is 0.336. The highest BCUT2D eigenvalue weighted by atomic mass is 32.2. The van der Waals surface area contributed by atoms with Gasteiger partial charge in [-0.05, 0) is 12.5 Å². The lowest BCUT2D eigenvalue weighted by Crippen LogP contribution is -2.39. The minimum Gasteiger partial charge on any atom is -0.473 e. The van der Waals surface area contributed by atoms with Gasteiger partial charge in [-0.2, -0.15) is 30.2 Å². The first kappa shape index (κ1) is 17.0. The molecule has 0 spiro atoms. The van der Waals surface area contributed by atoms with Crippen LogP contribution in [0.25, 0.3) is 0 Å². The van der Waals surface area contributed by atoms with Gasteiger partial charge >= 0.3 is 6.18 Å². The van der Waals surface area contributed by atoms with E-state index in [-0.39, 0.29) is 19.0 Å². The SMILES string of the molecule is CN(C)S(=O)(=O)N1CC[C@@H](Oc2cc(C(F)(F)F)ccn2)C1. The van der Waals surface area contributed by atoms with Gasteiger partial charge in [-0.25, -0.2) is 4.98 Å². The maximum Gasteiger partial charge on any atom is 0.416 e. The maximum atomic E-state index is 12.6. The number of alkyl halides is 3. The summed E-state index contributed by atoms with van der Waals surface area (Å²) in [7, 11) is -0.718. The lowest BCUT2D eigenvalue weighted by Gasteiger charge is -2.20. The first-order chi connectivity index (χ1) is 10.1. The van der Waals surface area contributed by atoms with Crippen molar-refractivity contribution in [3.63, 3.8) is 0 Å². The normalized spacial score (nSPS) is 20.5. The summed E-state index contributed by atoms with van der Waals surface area (Å²) >= 11 is 0. The molecule has 6 nitrogen and oxygen atoms in total. The van der Waals surface area contributed by atoms with E-state index in [4.69, 9.17) is 4.74 Å². The Labute approximate surface area is 126 Å². The monoisotopic (exact) mass is 339 g/mol. The molecule has 0 aliphatic carbocycles. The lowest BCUT2D eigenvalue weighted by molar-refractivity contribution is -0.137. The predicted octanol–water partition coefficient (Wildman–Crippen LogP) is 1.36. The predicted molar refractivity (Wildman–Crippen MR) is 72.5 cm³/mol. The van der Waals surface area contributed by atoms with Crippen molar-refractivity contribution in [1.29, 1.82) is 0 Å². The summed E-state index contributed by atoms with van der Waals surface area (Å²) in [6.07, 6.45) is -3.59. The fraction of sp³-hybridized carbons (Fsp3) is 0.583. The van der Waals surface area contributed by atoms with E-state index in [9.17, 15) is 21.6 Å². The Hall–Kier alpha value is -1.39. The van der Waals surface area contributed by atoms with Crippen LogP contribution in [0.15, 0.2) is 18.3 Å². The number of pyridine rings is 1. The van der Waals surface area contributed by atoms with Crippen LogP contribution in [0.1, 0.15) is 12.0 Å². The van der Waals surface area contributed by atoms with Gasteiger partial charge in [0.05, 0.1) is 12.1 Å². The second-order valence-corrected chi connectivity index (χ2v) is 7.20. The van der Waals surface area contributed by atoms with Crippen molar-refractivity contribution >= 4 is 10.2 Å². The first-order valence-electron chi connectivity index (χ1n) is 6.48. The zero-order chi connectivity index (χ0) is 16.5. The van der Waals surface area contributed by atoms with Crippen LogP contribution in [0, 0.1) is 0 Å². The Bertz CT molecular complexity index is 634. The van der Waals surface area contributed by atoms with E-state index in [2.05, 4.69) is 4.98 Å². The van der Waals surface area contributed by atoms with Crippen molar-refractivity contribution in [2.24, 2.45) is 0 Å². The molecule has 1 atom stereocenters. The van der Waals surface area contributed by atoms with Crippen LogP contribution in [-0.2, 0) is 16.4 Å². The average molecular weight is 339 g/mol. The molecule has 1 saturated heterocycles. The van der Waals surface area contributed by atoms with Crippen LogP contribution in [0.2, 0.25) is 0 Å². The van der Waals surface area contributed by atoms with Crippen LogP contribution in [0.5, 0.6) is 5.88 Å². The molecule has 22 heavy (non-hydrogen) atoms. The molecule has 2 rings (SSSR count). The Morgan fingerprint density at radius 1 is 1.41 bits per heavy atom. The summed E-state index contributed by atoms with van der Waals surface area (Å²) < 4.78 is 69.4. The number of halogens is 3. The van der Waals surface area contributed by atoms with E-state index in [0.29, 0.717) is 6.42 Å². The standard InChI is InChI=1S/C12H16F3N3O3S/c1-17(2)22(19,20)18-6-4-10(8-18)21-11-7-9(3-5-16-11)12(13,14)15/h3,5,7,10H,4,6,8H2,1-2H3/t10-/m1/s1. The summed E-state index contributed by atoms with van der Waals surface area (Å²) in [5, 5.41) is 0. The lowest BCUT2D eigenvalue weighted by atomic mass is 10.2. The van der Waals surface area contributed by atoms with Crippen LogP contribution < -0.4 is 4.74 Å². The van der Waals surface area contributed by atoms with E-state index in [1.54, 1.807) is 0 Å². The van der Waals surface area contributed by atoms with Crippen LogP contribution in [-0.4, -0.2) is 55.3 Å². The Morgan fingerprint density at radius 3 is 2.68 bits per heavy atom. The molecule has 10 heteroatoms. The van der Waals surface area contributed by atoms with Crippen molar-refractivity contribution in [3.05, 3.63) is 23.9 Å². The summed E-state index contributed by atoms with van der Waals surface area (Å²) in [5.41, 5.74) is -0.853. The van der Waals surface area contributed by atoms with Gasteiger partial charge in [-0.3, -0.25) is 0 Å². The second kappa shape index (κ2) is 6.01. The molecule has 1 aliphatic rings. The second-order valence-electron chi connectivity index (χ2n) is 5.06. The average Bonchev–Trinajstić information content (AvgIpc) is 2.87. The number of hydrogen-bond donors (Lipinski definition) is 0.